The lowest BCUT2D eigenvalue weighted by Crippen LogP contribution is -2.30. The first-order valence-corrected chi connectivity index (χ1v) is 39.2. The number of carbonyl (C=O) groups excluding carboxylic acids is 4. The number of aliphatic hydroxyl groups is 1. The maximum Gasteiger partial charge on any atom is 0.472 e. The molecule has 0 aromatic carbocycles. The van der Waals surface area contributed by atoms with Gasteiger partial charge in [-0.2, -0.15) is 0 Å². The molecule has 0 saturated heterocycles. The van der Waals surface area contributed by atoms with Crippen molar-refractivity contribution in [3.8, 4) is 0 Å². The number of hydrogen-bond donors (Lipinski definition) is 3. The Labute approximate surface area is 543 Å². The van der Waals surface area contributed by atoms with Crippen LogP contribution in [-0.4, -0.2) is 96.7 Å². The second-order valence-electron chi connectivity index (χ2n) is 27.2. The minimum Gasteiger partial charge on any atom is -0.462 e. The number of rotatable bonds is 67. The quantitative estimate of drug-likeness (QED) is 0.0222. The van der Waals surface area contributed by atoms with Crippen molar-refractivity contribution in [2.75, 3.05) is 39.6 Å². The van der Waals surface area contributed by atoms with E-state index >= 15 is 0 Å². The molecule has 0 rings (SSSR count). The Kier molecular flexibility index (Phi) is 58.5. The number of phosphoric acid groups is 2. The summed E-state index contributed by atoms with van der Waals surface area (Å²) in [5.41, 5.74) is 0. The van der Waals surface area contributed by atoms with E-state index in [0.717, 1.165) is 114 Å². The van der Waals surface area contributed by atoms with E-state index in [1.165, 1.54) is 141 Å². The predicted molar refractivity (Wildman–Crippen MR) is 358 cm³/mol. The van der Waals surface area contributed by atoms with Crippen LogP contribution < -0.4 is 0 Å². The molecule has 0 fully saturated rings. The number of carbonyl (C=O) groups is 4. The van der Waals surface area contributed by atoms with Crippen LogP contribution in [0.15, 0.2) is 0 Å². The molecule has 89 heavy (non-hydrogen) atoms. The fourth-order valence-corrected chi connectivity index (χ4v) is 12.1. The molecule has 0 aliphatic carbocycles. The molecule has 17 nitrogen and oxygen atoms in total. The summed E-state index contributed by atoms with van der Waals surface area (Å²) in [6.07, 6.45) is 41.8. The molecule has 0 aromatic heterocycles. The molecular formula is C70H136O17P2. The minimum absolute atomic E-state index is 0.103. The summed E-state index contributed by atoms with van der Waals surface area (Å²) >= 11 is 0. The zero-order valence-electron chi connectivity index (χ0n) is 58.1. The molecule has 19 heteroatoms. The average Bonchev–Trinajstić information content (AvgIpc) is 3.68. The first-order chi connectivity index (χ1) is 42.6. The van der Waals surface area contributed by atoms with Gasteiger partial charge in [-0.25, -0.2) is 9.13 Å². The van der Waals surface area contributed by atoms with Crippen molar-refractivity contribution in [1.82, 2.24) is 0 Å². The van der Waals surface area contributed by atoms with Gasteiger partial charge in [-0.1, -0.05) is 293 Å². The topological polar surface area (TPSA) is 237 Å². The van der Waals surface area contributed by atoms with E-state index in [1.54, 1.807) is 0 Å². The molecule has 0 radical (unpaired) electrons. The third kappa shape index (κ3) is 64.6. The lowest BCUT2D eigenvalue weighted by Gasteiger charge is -2.21. The highest BCUT2D eigenvalue weighted by atomic mass is 31.2. The van der Waals surface area contributed by atoms with Crippen LogP contribution in [0.4, 0.5) is 0 Å². The number of phosphoric ester groups is 2. The van der Waals surface area contributed by atoms with Gasteiger partial charge < -0.3 is 33.8 Å². The van der Waals surface area contributed by atoms with Crippen molar-refractivity contribution in [3.63, 3.8) is 0 Å². The van der Waals surface area contributed by atoms with E-state index in [1.807, 2.05) is 0 Å². The van der Waals surface area contributed by atoms with E-state index in [9.17, 15) is 43.2 Å². The Morgan fingerprint density at radius 3 is 0.697 bits per heavy atom. The molecule has 0 spiro atoms. The van der Waals surface area contributed by atoms with Crippen LogP contribution in [0.5, 0.6) is 0 Å². The number of ether oxygens (including phenoxy) is 4. The van der Waals surface area contributed by atoms with Crippen LogP contribution in [0, 0.1) is 23.7 Å². The van der Waals surface area contributed by atoms with Crippen LogP contribution in [-0.2, 0) is 65.4 Å². The first-order valence-electron chi connectivity index (χ1n) is 36.2. The second-order valence-corrected chi connectivity index (χ2v) is 30.1. The minimum atomic E-state index is -4.95. The van der Waals surface area contributed by atoms with Crippen molar-refractivity contribution in [2.24, 2.45) is 23.7 Å². The zero-order chi connectivity index (χ0) is 66.1. The number of esters is 4. The summed E-state index contributed by atoms with van der Waals surface area (Å²) < 4.78 is 68.3. The zero-order valence-corrected chi connectivity index (χ0v) is 59.8. The molecule has 5 atom stereocenters. The molecule has 528 valence electrons. The van der Waals surface area contributed by atoms with Gasteiger partial charge in [0.05, 0.1) is 26.4 Å². The van der Waals surface area contributed by atoms with Gasteiger partial charge in [-0.15, -0.1) is 0 Å². The van der Waals surface area contributed by atoms with Gasteiger partial charge in [0.15, 0.2) is 12.2 Å². The largest absolute Gasteiger partial charge is 0.472 e. The highest BCUT2D eigenvalue weighted by Crippen LogP contribution is 2.45. The van der Waals surface area contributed by atoms with E-state index in [-0.39, 0.29) is 25.7 Å². The molecule has 0 heterocycles. The van der Waals surface area contributed by atoms with Gasteiger partial charge in [-0.05, 0) is 49.4 Å². The standard InChI is InChI=1S/C70H136O17P2/c1-60(2)46-38-30-22-15-12-10-9-11-13-17-27-36-44-52-69(74)86-65(56-80-67(72)50-42-34-26-18-14-16-23-31-39-47-61(3)4)58-84-88(76,77)82-54-64(71)55-83-89(78,79)85-59-66(57-81-68(73)51-43-35-29-21-25-33-41-49-63(7)8)87-70(75)53-45-37-28-20-19-24-32-40-48-62(5)6/h60-66,71H,9-59H2,1-8H3,(H,76,77)(H,78,79)/t64?,65-,66-/m1/s1. The normalized spacial score (nSPS) is 14.3. The Bertz CT molecular complexity index is 1760. The summed E-state index contributed by atoms with van der Waals surface area (Å²) in [5.74, 6) is 0.822. The highest BCUT2D eigenvalue weighted by Gasteiger charge is 2.30. The summed E-state index contributed by atoms with van der Waals surface area (Å²) in [5, 5.41) is 10.6. The lowest BCUT2D eigenvalue weighted by atomic mass is 10.0. The summed E-state index contributed by atoms with van der Waals surface area (Å²) in [4.78, 5) is 72.5. The molecule has 0 aliphatic rings. The number of aliphatic hydroxyl groups excluding tert-OH is 1. The van der Waals surface area contributed by atoms with Crippen LogP contribution >= 0.6 is 15.6 Å². The Morgan fingerprint density at radius 2 is 0.472 bits per heavy atom. The van der Waals surface area contributed by atoms with Crippen molar-refractivity contribution < 1.29 is 80.2 Å². The van der Waals surface area contributed by atoms with Gasteiger partial charge in [0.1, 0.15) is 19.3 Å². The predicted octanol–water partition coefficient (Wildman–Crippen LogP) is 19.7. The monoisotopic (exact) mass is 1310 g/mol. The van der Waals surface area contributed by atoms with Gasteiger partial charge in [-0.3, -0.25) is 37.3 Å². The fourth-order valence-electron chi connectivity index (χ4n) is 10.5. The van der Waals surface area contributed by atoms with E-state index < -0.39 is 97.5 Å². The van der Waals surface area contributed by atoms with Crippen LogP contribution in [0.1, 0.15) is 344 Å². The first kappa shape index (κ1) is 87.1. The SMILES string of the molecule is CC(C)CCCCCCCCCCCCCCCC(=O)O[C@H](COC(=O)CCCCCCCCCCCC(C)C)COP(=O)(O)OCC(O)COP(=O)(O)OC[C@@H](COC(=O)CCCCCCCCCC(C)C)OC(=O)CCCCCCCCCCC(C)C. The molecule has 3 N–H and O–H groups in total. The second kappa shape index (κ2) is 59.8. The Hall–Kier alpha value is -1.94. The van der Waals surface area contributed by atoms with Gasteiger partial charge >= 0.3 is 39.5 Å². The van der Waals surface area contributed by atoms with Crippen molar-refractivity contribution in [1.29, 1.82) is 0 Å². The van der Waals surface area contributed by atoms with E-state index in [2.05, 4.69) is 55.4 Å². The van der Waals surface area contributed by atoms with Crippen molar-refractivity contribution >= 4 is 39.5 Å². The van der Waals surface area contributed by atoms with Crippen LogP contribution in [0.25, 0.3) is 0 Å². The summed E-state index contributed by atoms with van der Waals surface area (Å²) in [6, 6.07) is 0. The third-order valence-corrected chi connectivity index (χ3v) is 18.0. The molecule has 0 amide bonds. The highest BCUT2D eigenvalue weighted by molar-refractivity contribution is 7.47. The van der Waals surface area contributed by atoms with E-state index in [4.69, 9.17) is 37.0 Å². The fraction of sp³-hybridized carbons (Fsp3) is 0.943. The third-order valence-electron chi connectivity index (χ3n) is 16.1. The van der Waals surface area contributed by atoms with Crippen LogP contribution in [0.2, 0.25) is 0 Å². The van der Waals surface area contributed by atoms with Crippen molar-refractivity contribution in [2.45, 2.75) is 363 Å². The average molecular weight is 1310 g/mol. The summed E-state index contributed by atoms with van der Waals surface area (Å²) in [7, 11) is -9.90. The summed E-state index contributed by atoms with van der Waals surface area (Å²) in [6.45, 7) is 14.0. The lowest BCUT2D eigenvalue weighted by molar-refractivity contribution is -0.161. The van der Waals surface area contributed by atoms with Gasteiger partial charge in [0, 0.05) is 25.7 Å². The van der Waals surface area contributed by atoms with Gasteiger partial charge in [0.2, 0.25) is 0 Å². The van der Waals surface area contributed by atoms with Gasteiger partial charge in [0.25, 0.3) is 0 Å². The molecule has 0 aliphatic heterocycles. The van der Waals surface area contributed by atoms with Crippen LogP contribution in [0.3, 0.4) is 0 Å². The Balaban J connectivity index is 5.25. The molecule has 0 aromatic rings. The molecule has 0 saturated carbocycles. The smallest absolute Gasteiger partial charge is 0.462 e. The number of unbranched alkanes of at least 4 members (excludes halogenated alkanes) is 33. The van der Waals surface area contributed by atoms with Crippen molar-refractivity contribution in [3.05, 3.63) is 0 Å². The number of hydrogen-bond acceptors (Lipinski definition) is 15. The molecule has 3 unspecified atom stereocenters. The maximum atomic E-state index is 13.0. The van der Waals surface area contributed by atoms with E-state index in [0.29, 0.717) is 31.6 Å². The molecular weight excluding hydrogens is 1170 g/mol. The Morgan fingerprint density at radius 1 is 0.281 bits per heavy atom. The molecule has 0 bridgehead atoms. The maximum absolute atomic E-state index is 13.0.